The first-order valence-electron chi connectivity index (χ1n) is 12.1. The monoisotopic (exact) mass is 491 g/mol. The zero-order valence-electron chi connectivity index (χ0n) is 19.9. The molecule has 3 amide bonds. The number of hydrogen-bond acceptors (Lipinski definition) is 4. The number of imide groups is 1. The summed E-state index contributed by atoms with van der Waals surface area (Å²) in [4.78, 5) is 29.3. The quantitative estimate of drug-likeness (QED) is 0.477. The first-order valence-corrected chi connectivity index (χ1v) is 12.5. The van der Waals surface area contributed by atoms with Gasteiger partial charge in [-0.3, -0.25) is 14.4 Å². The van der Waals surface area contributed by atoms with Gasteiger partial charge in [-0.25, -0.2) is 9.69 Å². The standard InChI is InChI=1S/C27H30ClN5O2/c1-31(19-33-25(34)27(29-26(33)35)14-8-3-9-15-27)16-22-18-32(17-21-12-6-7-13-23(21)28)30-24(22)20-10-4-2-5-11-20/h2,4-7,10-13,18H,3,8-9,14-17,19H2,1H3,(H,29,35). The molecule has 3 aromatic rings. The van der Waals surface area contributed by atoms with E-state index >= 15 is 0 Å². The van der Waals surface area contributed by atoms with Crippen molar-refractivity contribution in [2.45, 2.75) is 50.7 Å². The lowest BCUT2D eigenvalue weighted by atomic mass is 9.82. The maximum absolute atomic E-state index is 13.2. The summed E-state index contributed by atoms with van der Waals surface area (Å²) in [7, 11) is 1.92. The van der Waals surface area contributed by atoms with Crippen LogP contribution in [0.15, 0.2) is 60.8 Å². The van der Waals surface area contributed by atoms with Gasteiger partial charge in [-0.2, -0.15) is 5.10 Å². The molecule has 1 aliphatic carbocycles. The highest BCUT2D eigenvalue weighted by atomic mass is 35.5. The number of nitrogens with zero attached hydrogens (tertiary/aromatic N) is 4. The third-order valence-electron chi connectivity index (χ3n) is 6.95. The summed E-state index contributed by atoms with van der Waals surface area (Å²) in [6.45, 7) is 1.33. The number of halogens is 1. The zero-order chi connectivity index (χ0) is 24.4. The third-order valence-corrected chi connectivity index (χ3v) is 7.32. The van der Waals surface area contributed by atoms with Crippen molar-refractivity contribution in [3.8, 4) is 11.3 Å². The van der Waals surface area contributed by atoms with Gasteiger partial charge in [0.2, 0.25) is 0 Å². The maximum atomic E-state index is 13.2. The number of carbonyl (C=O) groups excluding carboxylic acids is 2. The van der Waals surface area contributed by atoms with Crippen LogP contribution in [0, 0.1) is 0 Å². The lowest BCUT2D eigenvalue weighted by Gasteiger charge is -2.31. The molecule has 0 bridgehead atoms. The van der Waals surface area contributed by atoms with E-state index in [0.717, 1.165) is 54.5 Å². The molecule has 1 saturated heterocycles. The Hall–Kier alpha value is -3.16. The van der Waals surface area contributed by atoms with E-state index in [-0.39, 0.29) is 18.6 Å². The van der Waals surface area contributed by atoms with Crippen LogP contribution in [0.2, 0.25) is 5.02 Å². The molecule has 2 heterocycles. The van der Waals surface area contributed by atoms with E-state index < -0.39 is 5.54 Å². The first kappa shape index (κ1) is 23.6. The van der Waals surface area contributed by atoms with Crippen LogP contribution >= 0.6 is 11.6 Å². The maximum Gasteiger partial charge on any atom is 0.326 e. The Bertz CT molecular complexity index is 1220. The summed E-state index contributed by atoms with van der Waals surface area (Å²) in [5, 5.41) is 8.57. The molecule has 8 heteroatoms. The highest BCUT2D eigenvalue weighted by Crippen LogP contribution is 2.34. The Morgan fingerprint density at radius 2 is 1.71 bits per heavy atom. The van der Waals surface area contributed by atoms with Crippen molar-refractivity contribution in [3.05, 3.63) is 76.9 Å². The molecule has 2 fully saturated rings. The summed E-state index contributed by atoms with van der Waals surface area (Å²) >= 11 is 6.38. The van der Waals surface area contributed by atoms with Crippen molar-refractivity contribution in [2.24, 2.45) is 0 Å². The van der Waals surface area contributed by atoms with Crippen LogP contribution in [0.25, 0.3) is 11.3 Å². The average Bonchev–Trinajstić information content (AvgIpc) is 3.35. The number of urea groups is 1. The molecule has 2 aliphatic rings. The number of amides is 3. The molecule has 2 aromatic carbocycles. The van der Waals surface area contributed by atoms with Crippen LogP contribution in [0.3, 0.4) is 0 Å². The van der Waals surface area contributed by atoms with Gasteiger partial charge in [0.05, 0.1) is 18.9 Å². The second-order valence-electron chi connectivity index (χ2n) is 9.62. The van der Waals surface area contributed by atoms with Crippen LogP contribution in [0.4, 0.5) is 4.79 Å². The Labute approximate surface area is 210 Å². The number of nitrogens with one attached hydrogen (secondary N) is 1. The number of hydrogen-bond donors (Lipinski definition) is 1. The number of rotatable bonds is 7. The minimum Gasteiger partial charge on any atom is -0.323 e. The Morgan fingerprint density at radius 1 is 1.00 bits per heavy atom. The molecule has 0 radical (unpaired) electrons. The van der Waals surface area contributed by atoms with Gasteiger partial charge in [-0.15, -0.1) is 0 Å². The van der Waals surface area contributed by atoms with E-state index in [1.807, 2.05) is 77.4 Å². The average molecular weight is 492 g/mol. The largest absolute Gasteiger partial charge is 0.326 e. The molecular formula is C27H30ClN5O2. The van der Waals surface area contributed by atoms with Gasteiger partial charge in [-0.05, 0) is 31.5 Å². The summed E-state index contributed by atoms with van der Waals surface area (Å²) in [6, 6.07) is 17.5. The molecule has 0 atom stereocenters. The lowest BCUT2D eigenvalue weighted by Crippen LogP contribution is -2.48. The summed E-state index contributed by atoms with van der Waals surface area (Å²) in [5.74, 6) is -0.0910. The Kier molecular flexibility index (Phi) is 6.62. The summed E-state index contributed by atoms with van der Waals surface area (Å²) in [5.41, 5.74) is 3.21. The lowest BCUT2D eigenvalue weighted by molar-refractivity contribution is -0.133. The van der Waals surface area contributed by atoms with Crippen LogP contribution in [-0.4, -0.2) is 50.8 Å². The van der Waals surface area contributed by atoms with Crippen molar-refractivity contribution in [3.63, 3.8) is 0 Å². The molecule has 5 rings (SSSR count). The first-order chi connectivity index (χ1) is 16.9. The van der Waals surface area contributed by atoms with Gasteiger partial charge in [0.25, 0.3) is 5.91 Å². The predicted molar refractivity (Wildman–Crippen MR) is 136 cm³/mol. The van der Waals surface area contributed by atoms with Crippen molar-refractivity contribution < 1.29 is 9.59 Å². The van der Waals surface area contributed by atoms with E-state index in [2.05, 4.69) is 5.32 Å². The SMILES string of the molecule is CN(Cc1cn(Cc2ccccc2Cl)nc1-c1ccccc1)CN1C(=O)NC2(CCCCC2)C1=O. The predicted octanol–water partition coefficient (Wildman–Crippen LogP) is 4.90. The smallest absolute Gasteiger partial charge is 0.323 e. The second kappa shape index (κ2) is 9.84. The minimum atomic E-state index is -0.703. The van der Waals surface area contributed by atoms with E-state index in [9.17, 15) is 9.59 Å². The number of carbonyl (C=O) groups is 2. The molecule has 1 spiro atoms. The molecular weight excluding hydrogens is 462 g/mol. The van der Waals surface area contributed by atoms with E-state index in [1.54, 1.807) is 0 Å². The number of aromatic nitrogens is 2. The molecule has 1 aliphatic heterocycles. The molecule has 1 N–H and O–H groups in total. The fourth-order valence-corrected chi connectivity index (χ4v) is 5.38. The van der Waals surface area contributed by atoms with E-state index in [0.29, 0.717) is 18.1 Å². The van der Waals surface area contributed by atoms with Crippen LogP contribution in [0.1, 0.15) is 43.2 Å². The zero-order valence-corrected chi connectivity index (χ0v) is 20.7. The molecule has 1 saturated carbocycles. The van der Waals surface area contributed by atoms with Crippen molar-refractivity contribution >= 4 is 23.5 Å². The normalized spacial score (nSPS) is 17.4. The van der Waals surface area contributed by atoms with Crippen LogP contribution < -0.4 is 5.32 Å². The molecule has 0 unspecified atom stereocenters. The van der Waals surface area contributed by atoms with Crippen LogP contribution in [-0.2, 0) is 17.9 Å². The van der Waals surface area contributed by atoms with Crippen molar-refractivity contribution in [2.75, 3.05) is 13.7 Å². The topological polar surface area (TPSA) is 70.5 Å². The van der Waals surface area contributed by atoms with Gasteiger partial charge in [0, 0.05) is 28.9 Å². The highest BCUT2D eigenvalue weighted by molar-refractivity contribution is 6.31. The fraction of sp³-hybridized carbons (Fsp3) is 0.370. The number of benzene rings is 2. The minimum absolute atomic E-state index is 0.0910. The Balaban J connectivity index is 1.36. The third kappa shape index (κ3) is 4.83. The highest BCUT2D eigenvalue weighted by Gasteiger charge is 2.51. The second-order valence-corrected chi connectivity index (χ2v) is 10.0. The van der Waals surface area contributed by atoms with Crippen molar-refractivity contribution in [1.29, 1.82) is 0 Å². The molecule has 7 nitrogen and oxygen atoms in total. The molecule has 35 heavy (non-hydrogen) atoms. The van der Waals surface area contributed by atoms with E-state index in [4.69, 9.17) is 16.7 Å². The summed E-state index contributed by atoms with van der Waals surface area (Å²) < 4.78 is 1.90. The van der Waals surface area contributed by atoms with Gasteiger partial charge in [-0.1, -0.05) is 79.4 Å². The van der Waals surface area contributed by atoms with Gasteiger partial charge < -0.3 is 5.32 Å². The van der Waals surface area contributed by atoms with Crippen molar-refractivity contribution in [1.82, 2.24) is 24.9 Å². The van der Waals surface area contributed by atoms with Gasteiger partial charge >= 0.3 is 6.03 Å². The van der Waals surface area contributed by atoms with E-state index in [1.165, 1.54) is 4.90 Å². The molecule has 1 aromatic heterocycles. The molecule has 182 valence electrons. The van der Waals surface area contributed by atoms with Gasteiger partial charge in [0.1, 0.15) is 5.54 Å². The summed E-state index contributed by atoms with van der Waals surface area (Å²) in [6.07, 6.45) is 6.54. The Morgan fingerprint density at radius 3 is 2.46 bits per heavy atom. The van der Waals surface area contributed by atoms with Crippen LogP contribution in [0.5, 0.6) is 0 Å². The van der Waals surface area contributed by atoms with Gasteiger partial charge in [0.15, 0.2) is 0 Å². The fourth-order valence-electron chi connectivity index (χ4n) is 5.18.